The maximum absolute atomic E-state index is 12.0. The van der Waals surface area contributed by atoms with E-state index in [2.05, 4.69) is 20.9 Å². The smallest absolute Gasteiger partial charge is 0.242 e. The van der Waals surface area contributed by atoms with E-state index in [1.54, 1.807) is 18.4 Å². The Morgan fingerprint density at radius 3 is 2.64 bits per heavy atom. The lowest BCUT2D eigenvalue weighted by atomic mass is 10.4. The third-order valence-corrected chi connectivity index (χ3v) is 3.63. The van der Waals surface area contributed by atoms with Gasteiger partial charge < -0.3 is 25.3 Å². The number of nitrogens with zero attached hydrogens (tertiary/aromatic N) is 2. The molecule has 0 radical (unpaired) electrons. The maximum atomic E-state index is 12.0. The fraction of sp³-hybridized carbons (Fsp3) is 0.562. The summed E-state index contributed by atoms with van der Waals surface area (Å²) in [5.74, 6) is 0.988. The first-order chi connectivity index (χ1) is 11.7. The van der Waals surface area contributed by atoms with Crippen molar-refractivity contribution in [1.29, 1.82) is 0 Å². The van der Waals surface area contributed by atoms with Crippen LogP contribution in [0.3, 0.4) is 0 Å². The third kappa shape index (κ3) is 7.76. The number of hydrogen-bond donors (Lipinski definition) is 3. The number of halogens is 1. The number of carbonyl (C=O) groups excluding carboxylic acids is 2. The average molecular weight is 463 g/mol. The predicted molar refractivity (Wildman–Crippen MR) is 106 cm³/mol. The molecule has 1 fully saturated rings. The highest BCUT2D eigenvalue weighted by Gasteiger charge is 2.17. The van der Waals surface area contributed by atoms with Crippen molar-refractivity contribution in [2.24, 2.45) is 4.99 Å². The molecule has 1 aliphatic rings. The number of guanidine groups is 1. The van der Waals surface area contributed by atoms with Gasteiger partial charge in [-0.15, -0.1) is 24.0 Å². The van der Waals surface area contributed by atoms with E-state index in [1.165, 1.54) is 0 Å². The van der Waals surface area contributed by atoms with Crippen molar-refractivity contribution >= 4 is 41.8 Å². The molecular weight excluding hydrogens is 437 g/mol. The Bertz CT molecular complexity index is 556. The molecule has 2 amide bonds. The molecule has 2 rings (SSSR count). The molecule has 9 heteroatoms. The van der Waals surface area contributed by atoms with E-state index < -0.39 is 0 Å². The van der Waals surface area contributed by atoms with Crippen LogP contribution in [0.4, 0.5) is 0 Å². The minimum atomic E-state index is -0.213. The maximum Gasteiger partial charge on any atom is 0.242 e. The molecule has 1 aromatic rings. The number of nitrogens with one attached hydrogen (secondary N) is 3. The van der Waals surface area contributed by atoms with Gasteiger partial charge in [-0.2, -0.15) is 0 Å². The lowest BCUT2D eigenvalue weighted by Crippen LogP contribution is -2.44. The van der Waals surface area contributed by atoms with Crippen LogP contribution < -0.4 is 16.0 Å². The highest BCUT2D eigenvalue weighted by atomic mass is 127. The van der Waals surface area contributed by atoms with Gasteiger partial charge in [0, 0.05) is 19.6 Å². The van der Waals surface area contributed by atoms with Gasteiger partial charge in [0.15, 0.2) is 5.96 Å². The number of furan rings is 1. The largest absolute Gasteiger partial charge is 0.467 e. The van der Waals surface area contributed by atoms with Crippen molar-refractivity contribution in [3.8, 4) is 0 Å². The minimum Gasteiger partial charge on any atom is -0.467 e. The number of amides is 2. The molecule has 3 N–H and O–H groups in total. The van der Waals surface area contributed by atoms with Crippen LogP contribution in [-0.4, -0.2) is 55.4 Å². The van der Waals surface area contributed by atoms with Crippen LogP contribution in [0.15, 0.2) is 27.8 Å². The molecule has 0 saturated carbocycles. The van der Waals surface area contributed by atoms with Crippen LogP contribution in [0.5, 0.6) is 0 Å². The van der Waals surface area contributed by atoms with E-state index in [9.17, 15) is 9.59 Å². The molecule has 2 heterocycles. The predicted octanol–water partition coefficient (Wildman–Crippen LogP) is 0.691. The standard InChI is InChI=1S/C16H25N5O3.HI/c1-2-17-16(20-12-15(23)21-7-3-4-8-21)19-11-14(22)18-10-13-6-5-9-24-13;/h5-6,9H,2-4,7-8,10-12H2,1H3,(H,18,22)(H2,17,19,20);1H. The summed E-state index contributed by atoms with van der Waals surface area (Å²) in [5, 5.41) is 8.72. The van der Waals surface area contributed by atoms with Gasteiger partial charge in [0.05, 0.1) is 19.4 Å². The first kappa shape index (κ1) is 21.3. The molecule has 0 bridgehead atoms. The molecular formula is C16H26IN5O3. The van der Waals surface area contributed by atoms with Crippen LogP contribution in [0.1, 0.15) is 25.5 Å². The Morgan fingerprint density at radius 2 is 2.00 bits per heavy atom. The summed E-state index contributed by atoms with van der Waals surface area (Å²) < 4.78 is 5.14. The second-order valence-corrected chi connectivity index (χ2v) is 5.49. The molecule has 1 aromatic heterocycles. The van der Waals surface area contributed by atoms with E-state index in [1.807, 2.05) is 11.8 Å². The first-order valence-corrected chi connectivity index (χ1v) is 8.28. The Labute approximate surface area is 164 Å². The van der Waals surface area contributed by atoms with Crippen molar-refractivity contribution in [3.63, 3.8) is 0 Å². The average Bonchev–Trinajstić information content (AvgIpc) is 3.28. The summed E-state index contributed by atoms with van der Waals surface area (Å²) in [6.45, 7) is 4.72. The quantitative estimate of drug-likeness (QED) is 0.314. The number of hydrogen-bond acceptors (Lipinski definition) is 4. The summed E-state index contributed by atoms with van der Waals surface area (Å²) >= 11 is 0. The monoisotopic (exact) mass is 463 g/mol. The van der Waals surface area contributed by atoms with E-state index in [-0.39, 0.29) is 48.9 Å². The first-order valence-electron chi connectivity index (χ1n) is 8.28. The molecule has 140 valence electrons. The molecule has 0 atom stereocenters. The third-order valence-electron chi connectivity index (χ3n) is 3.63. The van der Waals surface area contributed by atoms with Crippen molar-refractivity contribution in [1.82, 2.24) is 20.9 Å². The SMILES string of the molecule is CCNC(=NCC(=O)NCc1ccco1)NCC(=O)N1CCCC1.I. The molecule has 0 unspecified atom stereocenters. The molecule has 1 saturated heterocycles. The number of aliphatic imine (C=N–C) groups is 1. The highest BCUT2D eigenvalue weighted by molar-refractivity contribution is 14.0. The second kappa shape index (κ2) is 11.7. The fourth-order valence-electron chi connectivity index (χ4n) is 2.39. The summed E-state index contributed by atoms with van der Waals surface area (Å²) in [6, 6.07) is 3.56. The zero-order valence-corrected chi connectivity index (χ0v) is 16.7. The molecule has 1 aliphatic heterocycles. The lowest BCUT2D eigenvalue weighted by Gasteiger charge is -2.17. The molecule has 0 spiro atoms. The Morgan fingerprint density at radius 1 is 1.24 bits per heavy atom. The minimum absolute atomic E-state index is 0. The number of rotatable bonds is 7. The molecule has 8 nitrogen and oxygen atoms in total. The van der Waals surface area contributed by atoms with Gasteiger partial charge in [-0.1, -0.05) is 0 Å². The van der Waals surface area contributed by atoms with Crippen LogP contribution in [0.2, 0.25) is 0 Å². The number of carbonyl (C=O) groups is 2. The van der Waals surface area contributed by atoms with E-state index in [0.29, 0.717) is 24.8 Å². The molecule has 25 heavy (non-hydrogen) atoms. The van der Waals surface area contributed by atoms with E-state index >= 15 is 0 Å². The zero-order chi connectivity index (χ0) is 17.2. The summed E-state index contributed by atoms with van der Waals surface area (Å²) in [5.41, 5.74) is 0. The summed E-state index contributed by atoms with van der Waals surface area (Å²) in [4.78, 5) is 29.9. The van der Waals surface area contributed by atoms with Crippen molar-refractivity contribution in [2.75, 3.05) is 32.7 Å². The molecule has 0 aromatic carbocycles. The van der Waals surface area contributed by atoms with Crippen LogP contribution in [0.25, 0.3) is 0 Å². The highest BCUT2D eigenvalue weighted by Crippen LogP contribution is 2.06. The Balaban J connectivity index is 0.00000312. The molecule has 0 aliphatic carbocycles. The normalized spacial score (nSPS) is 14.0. The van der Waals surface area contributed by atoms with Crippen LogP contribution in [-0.2, 0) is 16.1 Å². The summed E-state index contributed by atoms with van der Waals surface area (Å²) in [7, 11) is 0. The van der Waals surface area contributed by atoms with Gasteiger partial charge in [-0.3, -0.25) is 9.59 Å². The van der Waals surface area contributed by atoms with E-state index in [4.69, 9.17) is 4.42 Å². The van der Waals surface area contributed by atoms with Crippen molar-refractivity contribution < 1.29 is 14.0 Å². The van der Waals surface area contributed by atoms with Crippen LogP contribution in [0, 0.1) is 0 Å². The van der Waals surface area contributed by atoms with E-state index in [0.717, 1.165) is 25.9 Å². The lowest BCUT2D eigenvalue weighted by molar-refractivity contribution is -0.128. The van der Waals surface area contributed by atoms with Crippen LogP contribution >= 0.6 is 24.0 Å². The number of likely N-dealkylation sites (tertiary alicyclic amines) is 1. The van der Waals surface area contributed by atoms with Gasteiger partial charge in [-0.25, -0.2) is 4.99 Å². The van der Waals surface area contributed by atoms with Gasteiger partial charge in [-0.05, 0) is 31.9 Å². The fourth-order valence-corrected chi connectivity index (χ4v) is 2.39. The van der Waals surface area contributed by atoms with Gasteiger partial charge in [0.2, 0.25) is 11.8 Å². The van der Waals surface area contributed by atoms with Gasteiger partial charge in [0.25, 0.3) is 0 Å². The van der Waals surface area contributed by atoms with Crippen molar-refractivity contribution in [3.05, 3.63) is 24.2 Å². The van der Waals surface area contributed by atoms with Crippen molar-refractivity contribution in [2.45, 2.75) is 26.3 Å². The Kier molecular flexibility index (Phi) is 9.97. The van der Waals surface area contributed by atoms with Gasteiger partial charge >= 0.3 is 0 Å². The summed E-state index contributed by atoms with van der Waals surface area (Å²) in [6.07, 6.45) is 3.69. The topological polar surface area (TPSA) is 99.0 Å². The van der Waals surface area contributed by atoms with Gasteiger partial charge in [0.1, 0.15) is 12.3 Å². The zero-order valence-electron chi connectivity index (χ0n) is 14.4. The second-order valence-electron chi connectivity index (χ2n) is 5.49. The Hall–Kier alpha value is -1.78.